The molecule has 110 valence electrons. The van der Waals surface area contributed by atoms with E-state index in [-0.39, 0.29) is 18.4 Å². The second kappa shape index (κ2) is 8.94. The van der Waals surface area contributed by atoms with Crippen LogP contribution in [0.1, 0.15) is 37.0 Å². The maximum Gasteiger partial charge on any atom is 0.251 e. The van der Waals surface area contributed by atoms with E-state index in [0.717, 1.165) is 29.5 Å². The highest BCUT2D eigenvalue weighted by atomic mass is 127. The van der Waals surface area contributed by atoms with Crippen molar-refractivity contribution < 1.29 is 9.59 Å². The summed E-state index contributed by atoms with van der Waals surface area (Å²) in [6.45, 7) is 5.72. The van der Waals surface area contributed by atoms with Gasteiger partial charge in [0.05, 0.1) is 6.54 Å². The summed E-state index contributed by atoms with van der Waals surface area (Å²) in [5.41, 5.74) is 0.594. The number of amides is 2. The lowest BCUT2D eigenvalue weighted by atomic mass is 10.2. The molecule has 1 fully saturated rings. The van der Waals surface area contributed by atoms with Gasteiger partial charge in [-0.15, -0.1) is 0 Å². The van der Waals surface area contributed by atoms with Gasteiger partial charge in [0.1, 0.15) is 0 Å². The summed E-state index contributed by atoms with van der Waals surface area (Å²) in [6, 6.07) is 7.31. The van der Waals surface area contributed by atoms with Crippen LogP contribution in [-0.2, 0) is 4.79 Å². The summed E-state index contributed by atoms with van der Waals surface area (Å²) in [6.07, 6.45) is 2.13. The molecular weight excluding hydrogens is 367 g/mol. The van der Waals surface area contributed by atoms with Gasteiger partial charge in [0, 0.05) is 22.2 Å². The smallest absolute Gasteiger partial charge is 0.251 e. The molecule has 1 aromatic rings. The Bertz CT molecular complexity index is 457. The summed E-state index contributed by atoms with van der Waals surface area (Å²) in [5.74, 6) is -0.187. The number of rotatable bonds is 3. The third kappa shape index (κ3) is 5.11. The van der Waals surface area contributed by atoms with Crippen LogP contribution in [0.25, 0.3) is 0 Å². The van der Waals surface area contributed by atoms with Gasteiger partial charge in [-0.25, -0.2) is 0 Å². The van der Waals surface area contributed by atoms with Crippen molar-refractivity contribution >= 4 is 34.4 Å². The van der Waals surface area contributed by atoms with Crippen molar-refractivity contribution in [1.29, 1.82) is 0 Å². The van der Waals surface area contributed by atoms with Gasteiger partial charge in [0.15, 0.2) is 0 Å². The van der Waals surface area contributed by atoms with E-state index in [1.165, 1.54) is 0 Å². The topological polar surface area (TPSA) is 49.4 Å². The number of nitrogens with zero attached hydrogens (tertiary/aromatic N) is 1. The molecule has 0 radical (unpaired) electrons. The Morgan fingerprint density at radius 3 is 2.50 bits per heavy atom. The highest BCUT2D eigenvalue weighted by Crippen LogP contribution is 2.08. The molecule has 0 aromatic heterocycles. The van der Waals surface area contributed by atoms with Crippen LogP contribution in [0.4, 0.5) is 0 Å². The molecule has 0 unspecified atom stereocenters. The largest absolute Gasteiger partial charge is 0.343 e. The molecule has 0 bridgehead atoms. The van der Waals surface area contributed by atoms with Gasteiger partial charge in [-0.2, -0.15) is 0 Å². The number of halogens is 1. The molecule has 0 atom stereocenters. The first-order chi connectivity index (χ1) is 9.66. The summed E-state index contributed by atoms with van der Waals surface area (Å²) in [7, 11) is 0. The number of nitrogens with one attached hydrogen (secondary N) is 1. The van der Waals surface area contributed by atoms with Gasteiger partial charge in [-0.05, 0) is 53.6 Å². The van der Waals surface area contributed by atoms with Crippen LogP contribution in [0, 0.1) is 3.57 Å². The van der Waals surface area contributed by atoms with Crippen molar-refractivity contribution in [3.8, 4) is 0 Å². The minimum absolute atomic E-state index is 0.00600. The summed E-state index contributed by atoms with van der Waals surface area (Å²) in [5, 5.41) is 2.67. The molecule has 1 saturated heterocycles. The van der Waals surface area contributed by atoms with E-state index >= 15 is 0 Å². The SMILES string of the molecule is CC.O=C(NCC(=O)N1CCCC1)c1cccc(I)c1. The predicted octanol–water partition coefficient (Wildman–Crippen LogP) is 2.67. The second-order valence-corrected chi connectivity index (χ2v) is 5.53. The summed E-state index contributed by atoms with van der Waals surface area (Å²) >= 11 is 2.16. The molecule has 1 aliphatic rings. The van der Waals surface area contributed by atoms with Crippen LogP contribution in [0.2, 0.25) is 0 Å². The molecule has 2 rings (SSSR count). The molecule has 1 N–H and O–H groups in total. The maximum atomic E-state index is 11.8. The van der Waals surface area contributed by atoms with E-state index in [2.05, 4.69) is 27.9 Å². The average molecular weight is 388 g/mol. The van der Waals surface area contributed by atoms with Crippen molar-refractivity contribution in [2.75, 3.05) is 19.6 Å². The Morgan fingerprint density at radius 1 is 1.25 bits per heavy atom. The highest BCUT2D eigenvalue weighted by molar-refractivity contribution is 14.1. The standard InChI is InChI=1S/C13H15IN2O2.C2H6/c14-11-5-3-4-10(8-11)13(18)15-9-12(17)16-6-1-2-7-16;1-2/h3-5,8H,1-2,6-7,9H2,(H,15,18);1-2H3. The van der Waals surface area contributed by atoms with Crippen LogP contribution in [0.5, 0.6) is 0 Å². The van der Waals surface area contributed by atoms with Crippen LogP contribution in [0.3, 0.4) is 0 Å². The van der Waals surface area contributed by atoms with E-state index < -0.39 is 0 Å². The van der Waals surface area contributed by atoms with E-state index in [9.17, 15) is 9.59 Å². The van der Waals surface area contributed by atoms with E-state index in [4.69, 9.17) is 0 Å². The highest BCUT2D eigenvalue weighted by Gasteiger charge is 2.18. The molecule has 1 aromatic carbocycles. The first-order valence-corrected chi connectivity index (χ1v) is 8.06. The number of likely N-dealkylation sites (tertiary alicyclic amines) is 1. The Balaban J connectivity index is 0.000000956. The van der Waals surface area contributed by atoms with Gasteiger partial charge >= 0.3 is 0 Å². The molecule has 0 saturated carbocycles. The van der Waals surface area contributed by atoms with E-state index in [0.29, 0.717) is 5.56 Å². The molecule has 0 spiro atoms. The van der Waals surface area contributed by atoms with Gasteiger partial charge in [0.2, 0.25) is 5.91 Å². The minimum atomic E-state index is -0.193. The fourth-order valence-electron chi connectivity index (χ4n) is 1.97. The van der Waals surface area contributed by atoms with Crippen molar-refractivity contribution in [3.63, 3.8) is 0 Å². The Morgan fingerprint density at radius 2 is 1.90 bits per heavy atom. The minimum Gasteiger partial charge on any atom is -0.343 e. The van der Waals surface area contributed by atoms with Crippen molar-refractivity contribution in [1.82, 2.24) is 10.2 Å². The fourth-order valence-corrected chi connectivity index (χ4v) is 2.51. The van der Waals surface area contributed by atoms with E-state index in [1.807, 2.05) is 26.0 Å². The van der Waals surface area contributed by atoms with Crippen LogP contribution in [-0.4, -0.2) is 36.3 Å². The van der Waals surface area contributed by atoms with Gasteiger partial charge < -0.3 is 10.2 Å². The molecule has 1 aliphatic heterocycles. The Labute approximate surface area is 134 Å². The van der Waals surface area contributed by atoms with Gasteiger partial charge in [-0.1, -0.05) is 19.9 Å². The van der Waals surface area contributed by atoms with Gasteiger partial charge in [-0.3, -0.25) is 9.59 Å². The zero-order chi connectivity index (χ0) is 15.0. The van der Waals surface area contributed by atoms with Crippen molar-refractivity contribution in [2.45, 2.75) is 26.7 Å². The Kier molecular flexibility index (Phi) is 7.58. The molecule has 0 aliphatic carbocycles. The van der Waals surface area contributed by atoms with Crippen LogP contribution >= 0.6 is 22.6 Å². The molecule has 20 heavy (non-hydrogen) atoms. The first kappa shape index (κ1) is 16.9. The summed E-state index contributed by atoms with van der Waals surface area (Å²) in [4.78, 5) is 25.4. The van der Waals surface area contributed by atoms with Crippen LogP contribution < -0.4 is 5.32 Å². The lowest BCUT2D eigenvalue weighted by molar-refractivity contribution is -0.129. The Hall–Kier alpha value is -1.11. The molecule has 2 amide bonds. The predicted molar refractivity (Wildman–Crippen MR) is 88.7 cm³/mol. The summed E-state index contributed by atoms with van der Waals surface area (Å²) < 4.78 is 1.01. The molecule has 4 nitrogen and oxygen atoms in total. The quantitative estimate of drug-likeness (QED) is 0.810. The second-order valence-electron chi connectivity index (χ2n) is 4.28. The van der Waals surface area contributed by atoms with Crippen molar-refractivity contribution in [3.05, 3.63) is 33.4 Å². The number of hydrogen-bond donors (Lipinski definition) is 1. The molecule has 1 heterocycles. The first-order valence-electron chi connectivity index (χ1n) is 6.98. The molecule has 5 heteroatoms. The lowest BCUT2D eigenvalue weighted by Crippen LogP contribution is -2.38. The fraction of sp³-hybridized carbons (Fsp3) is 0.467. The zero-order valence-electron chi connectivity index (χ0n) is 12.0. The third-order valence-corrected chi connectivity index (χ3v) is 3.62. The third-order valence-electron chi connectivity index (χ3n) is 2.95. The number of carbonyl (C=O) groups excluding carboxylic acids is 2. The van der Waals surface area contributed by atoms with Gasteiger partial charge in [0.25, 0.3) is 5.91 Å². The van der Waals surface area contributed by atoms with Crippen molar-refractivity contribution in [2.24, 2.45) is 0 Å². The number of carbonyl (C=O) groups is 2. The zero-order valence-corrected chi connectivity index (χ0v) is 14.1. The van der Waals surface area contributed by atoms with E-state index in [1.54, 1.807) is 17.0 Å². The normalized spacial score (nSPS) is 13.4. The number of benzene rings is 1. The maximum absolute atomic E-state index is 11.8. The monoisotopic (exact) mass is 388 g/mol. The number of hydrogen-bond acceptors (Lipinski definition) is 2. The molecular formula is C15H21IN2O2. The average Bonchev–Trinajstić information content (AvgIpc) is 3.01. The van der Waals surface area contributed by atoms with Crippen LogP contribution in [0.15, 0.2) is 24.3 Å². The lowest BCUT2D eigenvalue weighted by Gasteiger charge is -2.15.